The topological polar surface area (TPSA) is 149 Å². The Bertz CT molecular complexity index is 1720. The van der Waals surface area contributed by atoms with Gasteiger partial charge in [0.05, 0.1) is 31.6 Å². The summed E-state index contributed by atoms with van der Waals surface area (Å²) in [5.41, 5.74) is -0.249. The van der Waals surface area contributed by atoms with E-state index in [1.807, 2.05) is 4.90 Å². The normalized spacial score (nSPS) is 14.3. The molecule has 4 heterocycles. The molecule has 1 aliphatic rings. The molecule has 1 saturated heterocycles. The first-order valence-electron chi connectivity index (χ1n) is 12.3. The lowest BCUT2D eigenvalue weighted by atomic mass is 10.2. The molecule has 0 radical (unpaired) electrons. The van der Waals surface area contributed by atoms with Gasteiger partial charge in [-0.05, 0) is 25.1 Å². The number of nitrogens with zero attached hydrogens (tertiary/aromatic N) is 6. The highest BCUT2D eigenvalue weighted by Gasteiger charge is 2.34. The fourth-order valence-electron chi connectivity index (χ4n) is 4.50. The van der Waals surface area contributed by atoms with Crippen molar-refractivity contribution in [1.82, 2.24) is 23.8 Å². The summed E-state index contributed by atoms with van der Waals surface area (Å²) in [7, 11) is -1.05. The number of anilines is 2. The number of nitrogens with one attached hydrogen (secondary N) is 1. The van der Waals surface area contributed by atoms with Crippen LogP contribution in [0.1, 0.15) is 4.88 Å². The lowest BCUT2D eigenvalue weighted by Gasteiger charge is -2.33. The largest absolute Gasteiger partial charge is 0.497 e. The maximum Gasteiger partial charge on any atom is 0.263 e. The molecule has 1 aliphatic heterocycles. The number of piperazine rings is 1. The molecule has 1 aromatic carbocycles. The SMILES string of the molecule is COc1ccc(OC)c(NC(=O)Cn2cnc3sc(C)c(S(=O)(=O)N4CCN(c5ncccn5)CC4)c3c2=O)c1. The summed E-state index contributed by atoms with van der Waals surface area (Å²) in [5, 5.41) is 2.69. The van der Waals surface area contributed by atoms with Crippen molar-refractivity contribution in [2.45, 2.75) is 18.4 Å². The summed E-state index contributed by atoms with van der Waals surface area (Å²) in [6, 6.07) is 6.64. The lowest BCUT2D eigenvalue weighted by molar-refractivity contribution is -0.116. The number of carbonyl (C=O) groups excluding carboxylic acids is 1. The number of benzene rings is 1. The molecule has 3 aromatic heterocycles. The van der Waals surface area contributed by atoms with Crippen LogP contribution in [0.5, 0.6) is 11.5 Å². The Kier molecular flexibility index (Phi) is 7.69. The van der Waals surface area contributed by atoms with Crippen LogP contribution in [-0.2, 0) is 21.4 Å². The maximum atomic E-state index is 13.8. The van der Waals surface area contributed by atoms with Crippen LogP contribution in [0.3, 0.4) is 0 Å². The second-order valence-electron chi connectivity index (χ2n) is 8.90. The zero-order valence-corrected chi connectivity index (χ0v) is 23.7. The Morgan fingerprint density at radius 3 is 2.48 bits per heavy atom. The summed E-state index contributed by atoms with van der Waals surface area (Å²) in [4.78, 5) is 41.8. The molecule has 15 heteroatoms. The zero-order chi connectivity index (χ0) is 28.4. The van der Waals surface area contributed by atoms with E-state index in [1.54, 1.807) is 43.6 Å². The Morgan fingerprint density at radius 2 is 1.80 bits per heavy atom. The van der Waals surface area contributed by atoms with Crippen LogP contribution < -0.4 is 25.2 Å². The first kappa shape index (κ1) is 27.5. The van der Waals surface area contributed by atoms with Gasteiger partial charge < -0.3 is 19.7 Å². The van der Waals surface area contributed by atoms with Crippen LogP contribution in [-0.4, -0.2) is 78.5 Å². The third kappa shape index (κ3) is 5.22. The molecular weight excluding hydrogens is 558 g/mol. The number of rotatable bonds is 8. The molecule has 13 nitrogen and oxygen atoms in total. The summed E-state index contributed by atoms with van der Waals surface area (Å²) < 4.78 is 40.5. The molecule has 0 aliphatic carbocycles. The Hall–Kier alpha value is -4.08. The minimum Gasteiger partial charge on any atom is -0.497 e. The highest BCUT2D eigenvalue weighted by atomic mass is 32.2. The van der Waals surface area contributed by atoms with Gasteiger partial charge in [0.1, 0.15) is 27.8 Å². The van der Waals surface area contributed by atoms with E-state index in [2.05, 4.69) is 20.3 Å². The van der Waals surface area contributed by atoms with Crippen molar-refractivity contribution in [3.05, 3.63) is 58.2 Å². The van der Waals surface area contributed by atoms with Crippen molar-refractivity contribution >= 4 is 49.1 Å². The molecule has 210 valence electrons. The number of aromatic nitrogens is 4. The van der Waals surface area contributed by atoms with E-state index in [9.17, 15) is 18.0 Å². The molecule has 40 heavy (non-hydrogen) atoms. The van der Waals surface area contributed by atoms with E-state index < -0.39 is 21.5 Å². The van der Waals surface area contributed by atoms with Crippen molar-refractivity contribution in [3.8, 4) is 11.5 Å². The van der Waals surface area contributed by atoms with E-state index in [0.29, 0.717) is 45.9 Å². The van der Waals surface area contributed by atoms with Crippen LogP contribution in [0.2, 0.25) is 0 Å². The van der Waals surface area contributed by atoms with Gasteiger partial charge in [-0.15, -0.1) is 11.3 Å². The number of fused-ring (bicyclic) bond motifs is 1. The van der Waals surface area contributed by atoms with Crippen molar-refractivity contribution in [2.75, 3.05) is 50.6 Å². The average Bonchev–Trinajstić information content (AvgIpc) is 3.32. The third-order valence-corrected chi connectivity index (χ3v) is 9.68. The van der Waals surface area contributed by atoms with Crippen LogP contribution >= 0.6 is 11.3 Å². The van der Waals surface area contributed by atoms with E-state index in [1.165, 1.54) is 24.9 Å². The van der Waals surface area contributed by atoms with Gasteiger partial charge in [0.15, 0.2) is 0 Å². The predicted molar refractivity (Wildman–Crippen MR) is 150 cm³/mol. The summed E-state index contributed by atoms with van der Waals surface area (Å²) >= 11 is 1.13. The summed E-state index contributed by atoms with van der Waals surface area (Å²) in [6.07, 6.45) is 4.52. The van der Waals surface area contributed by atoms with E-state index >= 15 is 0 Å². The molecule has 1 fully saturated rings. The maximum absolute atomic E-state index is 13.8. The number of ether oxygens (including phenoxy) is 2. The van der Waals surface area contributed by atoms with Crippen LogP contribution in [0.15, 0.2) is 52.7 Å². The molecule has 1 amide bonds. The number of methoxy groups -OCH3 is 2. The second kappa shape index (κ2) is 11.2. The fraction of sp³-hybridized carbons (Fsp3) is 0.320. The molecule has 4 aromatic rings. The van der Waals surface area contributed by atoms with Gasteiger partial charge in [-0.1, -0.05) is 0 Å². The fourth-order valence-corrected chi connectivity index (χ4v) is 7.59. The molecule has 0 saturated carbocycles. The first-order valence-corrected chi connectivity index (χ1v) is 14.5. The van der Waals surface area contributed by atoms with Crippen molar-refractivity contribution in [3.63, 3.8) is 0 Å². The number of hydrogen-bond donors (Lipinski definition) is 1. The van der Waals surface area contributed by atoms with Gasteiger partial charge in [0, 0.05) is 49.5 Å². The summed E-state index contributed by atoms with van der Waals surface area (Å²) in [5.74, 6) is 0.937. The lowest BCUT2D eigenvalue weighted by Crippen LogP contribution is -2.49. The van der Waals surface area contributed by atoms with E-state index in [0.717, 1.165) is 15.9 Å². The standard InChI is InChI=1S/C25H27N7O6S2/c1-16-22(40(35,36)32-11-9-30(10-12-32)25-26-7-4-8-27-25)21-23(39-16)28-15-31(24(21)34)14-20(33)29-18-13-17(37-2)5-6-19(18)38-3/h4-8,13,15H,9-12,14H2,1-3H3,(H,29,33). The van der Waals surface area contributed by atoms with E-state index in [-0.39, 0.29) is 29.9 Å². The molecule has 5 rings (SSSR count). The number of carbonyl (C=O) groups is 1. The van der Waals surface area contributed by atoms with Gasteiger partial charge in [-0.2, -0.15) is 4.31 Å². The van der Waals surface area contributed by atoms with Gasteiger partial charge in [0.25, 0.3) is 5.56 Å². The summed E-state index contributed by atoms with van der Waals surface area (Å²) in [6.45, 7) is 2.49. The van der Waals surface area contributed by atoms with Gasteiger partial charge >= 0.3 is 0 Å². The van der Waals surface area contributed by atoms with Crippen LogP contribution in [0, 0.1) is 6.92 Å². The Labute approximate surface area is 234 Å². The first-order chi connectivity index (χ1) is 19.2. The minimum absolute atomic E-state index is 0.0226. The highest BCUT2D eigenvalue weighted by Crippen LogP contribution is 2.33. The van der Waals surface area contributed by atoms with Crippen molar-refractivity contribution in [2.24, 2.45) is 0 Å². The van der Waals surface area contributed by atoms with Gasteiger partial charge in [-0.3, -0.25) is 14.2 Å². The predicted octanol–water partition coefficient (Wildman–Crippen LogP) is 1.72. The molecule has 0 unspecified atom stereocenters. The number of amides is 1. The molecule has 0 bridgehead atoms. The average molecular weight is 586 g/mol. The van der Waals surface area contributed by atoms with E-state index in [4.69, 9.17) is 9.47 Å². The van der Waals surface area contributed by atoms with Crippen molar-refractivity contribution < 1.29 is 22.7 Å². The number of thiophene rings is 1. The number of aryl methyl sites for hydroxylation is 1. The molecular formula is C25H27N7O6S2. The zero-order valence-electron chi connectivity index (χ0n) is 22.0. The number of hydrogen-bond acceptors (Lipinski definition) is 11. The van der Waals surface area contributed by atoms with Gasteiger partial charge in [0.2, 0.25) is 21.9 Å². The monoisotopic (exact) mass is 585 g/mol. The third-order valence-electron chi connectivity index (χ3n) is 6.47. The smallest absolute Gasteiger partial charge is 0.263 e. The number of sulfonamides is 1. The molecule has 0 atom stereocenters. The van der Waals surface area contributed by atoms with Crippen molar-refractivity contribution in [1.29, 1.82) is 0 Å². The van der Waals surface area contributed by atoms with Crippen LogP contribution in [0.25, 0.3) is 10.2 Å². The quantitative estimate of drug-likeness (QED) is 0.324. The minimum atomic E-state index is -4.02. The Balaban J connectivity index is 1.40. The molecule has 1 N–H and O–H groups in total. The van der Waals surface area contributed by atoms with Crippen LogP contribution in [0.4, 0.5) is 11.6 Å². The van der Waals surface area contributed by atoms with Gasteiger partial charge in [-0.25, -0.2) is 23.4 Å². The highest BCUT2D eigenvalue weighted by molar-refractivity contribution is 7.89. The second-order valence-corrected chi connectivity index (χ2v) is 12.0. The molecule has 0 spiro atoms. The Morgan fingerprint density at radius 1 is 1.07 bits per heavy atom.